The molecule has 1 N–H and O–H groups in total. The van der Waals surface area contributed by atoms with Gasteiger partial charge in [-0.3, -0.25) is 9.79 Å². The zero-order chi connectivity index (χ0) is 19.8. The first kappa shape index (κ1) is 20.6. The van der Waals surface area contributed by atoms with Gasteiger partial charge in [0.25, 0.3) is 5.91 Å². The molecule has 0 aliphatic carbocycles. The fraction of sp³-hybridized carbons (Fsp3) is 0.429. The molecule has 6 heteroatoms. The summed E-state index contributed by atoms with van der Waals surface area (Å²) in [6.07, 6.45) is 2.04. The first-order valence-corrected chi connectivity index (χ1v) is 9.40. The summed E-state index contributed by atoms with van der Waals surface area (Å²) in [5, 5.41) is 3.38. The minimum atomic E-state index is 0.0811. The van der Waals surface area contributed by atoms with E-state index in [0.29, 0.717) is 6.54 Å². The van der Waals surface area contributed by atoms with Crippen LogP contribution in [-0.4, -0.2) is 53.4 Å². The third-order valence-corrected chi connectivity index (χ3v) is 4.73. The van der Waals surface area contributed by atoms with Gasteiger partial charge in [-0.2, -0.15) is 0 Å². The molecule has 2 rings (SSSR count). The van der Waals surface area contributed by atoms with Crippen LogP contribution in [0.4, 0.5) is 0 Å². The third kappa shape index (κ3) is 5.36. The number of amides is 1. The number of aromatic nitrogens is 1. The van der Waals surface area contributed by atoms with E-state index in [1.165, 1.54) is 5.69 Å². The maximum Gasteiger partial charge on any atom is 0.253 e. The number of hydrogen-bond donors (Lipinski definition) is 1. The Morgan fingerprint density at radius 2 is 1.81 bits per heavy atom. The molecule has 1 aromatic heterocycles. The largest absolute Gasteiger partial charge is 0.353 e. The smallest absolute Gasteiger partial charge is 0.253 e. The normalized spacial score (nSPS) is 11.4. The predicted molar refractivity (Wildman–Crippen MR) is 111 cm³/mol. The molecule has 1 aromatic carbocycles. The van der Waals surface area contributed by atoms with Crippen molar-refractivity contribution in [1.82, 2.24) is 19.7 Å². The van der Waals surface area contributed by atoms with Gasteiger partial charge in [-0.15, -0.1) is 0 Å². The molecular formula is C21H31N5O. The number of benzene rings is 1. The fourth-order valence-electron chi connectivity index (χ4n) is 3.00. The highest BCUT2D eigenvalue weighted by atomic mass is 16.2. The minimum Gasteiger partial charge on any atom is -0.353 e. The minimum absolute atomic E-state index is 0.0811. The van der Waals surface area contributed by atoms with Crippen LogP contribution in [0.25, 0.3) is 0 Å². The molecule has 27 heavy (non-hydrogen) atoms. The predicted octanol–water partition coefficient (Wildman–Crippen LogP) is 2.71. The Labute approximate surface area is 162 Å². The summed E-state index contributed by atoms with van der Waals surface area (Å²) in [6.45, 7) is 6.88. The van der Waals surface area contributed by atoms with E-state index in [1.807, 2.05) is 69.4 Å². The Morgan fingerprint density at radius 1 is 1.15 bits per heavy atom. The van der Waals surface area contributed by atoms with Gasteiger partial charge in [-0.05, 0) is 43.7 Å². The van der Waals surface area contributed by atoms with Crippen molar-refractivity contribution in [1.29, 1.82) is 0 Å². The second-order valence-corrected chi connectivity index (χ2v) is 6.54. The summed E-state index contributed by atoms with van der Waals surface area (Å²) in [5.41, 5.74) is 3.06. The lowest BCUT2D eigenvalue weighted by Crippen LogP contribution is -2.38. The van der Waals surface area contributed by atoms with Crippen molar-refractivity contribution in [3.63, 3.8) is 0 Å². The second-order valence-electron chi connectivity index (χ2n) is 6.54. The fourth-order valence-corrected chi connectivity index (χ4v) is 3.00. The Balaban J connectivity index is 1.94. The summed E-state index contributed by atoms with van der Waals surface area (Å²) < 4.78 is 2.11. The van der Waals surface area contributed by atoms with Crippen LogP contribution in [0.3, 0.4) is 0 Å². The number of hydrogen-bond acceptors (Lipinski definition) is 2. The molecule has 6 nitrogen and oxygen atoms in total. The topological polar surface area (TPSA) is 52.9 Å². The number of nitrogens with one attached hydrogen (secondary N) is 1. The summed E-state index contributed by atoms with van der Waals surface area (Å²) in [4.78, 5) is 20.7. The zero-order valence-corrected chi connectivity index (χ0v) is 17.1. The van der Waals surface area contributed by atoms with Crippen molar-refractivity contribution in [2.24, 2.45) is 12.0 Å². The van der Waals surface area contributed by atoms with Gasteiger partial charge in [0.2, 0.25) is 0 Å². The average molecular weight is 370 g/mol. The van der Waals surface area contributed by atoms with Gasteiger partial charge in [0.15, 0.2) is 5.96 Å². The summed E-state index contributed by atoms with van der Waals surface area (Å²) in [7, 11) is 5.85. The zero-order valence-electron chi connectivity index (χ0n) is 17.1. The van der Waals surface area contributed by atoms with Gasteiger partial charge >= 0.3 is 0 Å². The molecule has 0 fully saturated rings. The van der Waals surface area contributed by atoms with Crippen LogP contribution in [0.1, 0.15) is 35.5 Å². The van der Waals surface area contributed by atoms with Gasteiger partial charge in [-0.1, -0.05) is 12.1 Å². The molecule has 0 spiro atoms. The lowest BCUT2D eigenvalue weighted by Gasteiger charge is -2.22. The van der Waals surface area contributed by atoms with Gasteiger partial charge in [0.05, 0.1) is 6.54 Å². The quantitative estimate of drug-likeness (QED) is 0.603. The van der Waals surface area contributed by atoms with Crippen molar-refractivity contribution in [3.8, 4) is 0 Å². The Bertz CT molecular complexity index is 759. The van der Waals surface area contributed by atoms with Crippen molar-refractivity contribution in [2.75, 3.05) is 27.2 Å². The second kappa shape index (κ2) is 9.80. The van der Waals surface area contributed by atoms with E-state index in [9.17, 15) is 4.79 Å². The molecule has 0 aliphatic heterocycles. The molecule has 0 bridgehead atoms. The standard InChI is InChI=1S/C21H31N5O/c1-6-26(7-2)20(27)18-12-10-17(11-13-18)15-23-21(22-3)25(5)16-19-9-8-14-24(19)4/h8-14H,6-7,15-16H2,1-5H3,(H,22,23). The highest BCUT2D eigenvalue weighted by Gasteiger charge is 2.12. The molecule has 1 heterocycles. The van der Waals surface area contributed by atoms with Crippen molar-refractivity contribution < 1.29 is 4.79 Å². The molecule has 146 valence electrons. The van der Waals surface area contributed by atoms with Crippen molar-refractivity contribution in [2.45, 2.75) is 26.9 Å². The summed E-state index contributed by atoms with van der Waals surface area (Å²) >= 11 is 0. The average Bonchev–Trinajstić information content (AvgIpc) is 3.08. The number of carbonyl (C=O) groups is 1. The number of aliphatic imine (C=N–C) groups is 1. The number of rotatable bonds is 7. The SMILES string of the molecule is CCN(CC)C(=O)c1ccc(CNC(=NC)N(C)Cc2cccn2C)cc1. The number of aryl methyl sites for hydroxylation is 1. The maximum atomic E-state index is 12.4. The Morgan fingerprint density at radius 3 is 2.33 bits per heavy atom. The number of nitrogens with zero attached hydrogens (tertiary/aromatic N) is 4. The number of carbonyl (C=O) groups excluding carboxylic acids is 1. The third-order valence-electron chi connectivity index (χ3n) is 4.73. The molecule has 2 aromatic rings. The molecular weight excluding hydrogens is 338 g/mol. The van der Waals surface area contributed by atoms with Crippen LogP contribution < -0.4 is 5.32 Å². The van der Waals surface area contributed by atoms with Gasteiger partial charge < -0.3 is 19.7 Å². The first-order valence-electron chi connectivity index (χ1n) is 9.40. The molecule has 0 saturated heterocycles. The van der Waals surface area contributed by atoms with Crippen molar-refractivity contribution >= 4 is 11.9 Å². The summed E-state index contributed by atoms with van der Waals surface area (Å²) in [5.74, 6) is 0.914. The van der Waals surface area contributed by atoms with Crippen LogP contribution in [0.15, 0.2) is 47.6 Å². The van der Waals surface area contributed by atoms with Gasteiger partial charge in [0.1, 0.15) is 0 Å². The van der Waals surface area contributed by atoms with Crippen LogP contribution in [0, 0.1) is 0 Å². The van der Waals surface area contributed by atoms with E-state index in [4.69, 9.17) is 0 Å². The van der Waals surface area contributed by atoms with Crippen molar-refractivity contribution in [3.05, 3.63) is 59.4 Å². The lowest BCUT2D eigenvalue weighted by molar-refractivity contribution is 0.0773. The monoisotopic (exact) mass is 369 g/mol. The first-order chi connectivity index (χ1) is 13.0. The highest BCUT2D eigenvalue weighted by molar-refractivity contribution is 5.94. The van der Waals surface area contributed by atoms with Crippen LogP contribution in [-0.2, 0) is 20.1 Å². The lowest BCUT2D eigenvalue weighted by atomic mass is 10.1. The molecule has 0 radical (unpaired) electrons. The van der Waals surface area contributed by atoms with E-state index < -0.39 is 0 Å². The van der Waals surface area contributed by atoms with E-state index in [2.05, 4.69) is 25.8 Å². The van der Waals surface area contributed by atoms with Gasteiger partial charge in [0, 0.05) is 58.2 Å². The van der Waals surface area contributed by atoms with Crippen LogP contribution in [0.5, 0.6) is 0 Å². The summed E-state index contributed by atoms with van der Waals surface area (Å²) in [6, 6.07) is 11.9. The van der Waals surface area contributed by atoms with Crippen LogP contribution in [0.2, 0.25) is 0 Å². The molecule has 0 saturated carbocycles. The Kier molecular flexibility index (Phi) is 7.46. The van der Waals surface area contributed by atoms with Gasteiger partial charge in [-0.25, -0.2) is 0 Å². The number of guanidine groups is 1. The molecule has 0 aliphatic rings. The molecule has 1 amide bonds. The van der Waals surface area contributed by atoms with E-state index in [0.717, 1.165) is 36.7 Å². The van der Waals surface area contributed by atoms with E-state index >= 15 is 0 Å². The van der Waals surface area contributed by atoms with Crippen LogP contribution >= 0.6 is 0 Å². The maximum absolute atomic E-state index is 12.4. The molecule has 0 atom stereocenters. The van der Waals surface area contributed by atoms with E-state index in [1.54, 1.807) is 7.05 Å². The van der Waals surface area contributed by atoms with E-state index in [-0.39, 0.29) is 5.91 Å². The Hall–Kier alpha value is -2.76. The molecule has 0 unspecified atom stereocenters. The highest BCUT2D eigenvalue weighted by Crippen LogP contribution is 2.09.